The summed E-state index contributed by atoms with van der Waals surface area (Å²) in [6.07, 6.45) is 1.63. The molecule has 0 fully saturated rings. The molecule has 1 aromatic heterocycles. The molecule has 0 aliphatic carbocycles. The van der Waals surface area contributed by atoms with Gasteiger partial charge in [-0.2, -0.15) is 5.10 Å². The van der Waals surface area contributed by atoms with Crippen LogP contribution in [-0.4, -0.2) is 24.0 Å². The molecule has 0 unspecified atom stereocenters. The van der Waals surface area contributed by atoms with E-state index in [-0.39, 0.29) is 5.56 Å². The lowest BCUT2D eigenvalue weighted by molar-refractivity contribution is 0.355. The van der Waals surface area contributed by atoms with Crippen molar-refractivity contribution < 1.29 is 9.47 Å². The van der Waals surface area contributed by atoms with Crippen LogP contribution in [-0.2, 0) is 6.54 Å². The standard InChI is InChI=1S/C15H16N2O3/c1-4-9-17-15(18)8-6-12(16-17)11-5-7-13(19-2)14(10-11)20-3/h4-8,10H,1,9H2,2-3H3. The van der Waals surface area contributed by atoms with Gasteiger partial charge in [0.2, 0.25) is 0 Å². The average Bonchev–Trinajstić information content (AvgIpc) is 2.49. The summed E-state index contributed by atoms with van der Waals surface area (Å²) in [5, 5.41) is 4.30. The van der Waals surface area contributed by atoms with Gasteiger partial charge in [-0.05, 0) is 24.3 Å². The number of hydrogen-bond acceptors (Lipinski definition) is 4. The SMILES string of the molecule is C=CCn1nc(-c2ccc(OC)c(OC)c2)ccc1=O. The normalized spacial score (nSPS) is 10.1. The summed E-state index contributed by atoms with van der Waals surface area (Å²) in [4.78, 5) is 11.6. The molecule has 0 aliphatic rings. The van der Waals surface area contributed by atoms with Crippen LogP contribution in [0, 0.1) is 0 Å². The van der Waals surface area contributed by atoms with Gasteiger partial charge < -0.3 is 9.47 Å². The van der Waals surface area contributed by atoms with E-state index in [4.69, 9.17) is 9.47 Å². The van der Waals surface area contributed by atoms with Crippen molar-refractivity contribution in [2.24, 2.45) is 0 Å². The van der Waals surface area contributed by atoms with Gasteiger partial charge in [-0.25, -0.2) is 4.68 Å². The molecule has 0 radical (unpaired) electrons. The minimum absolute atomic E-state index is 0.158. The highest BCUT2D eigenvalue weighted by Gasteiger charge is 2.08. The van der Waals surface area contributed by atoms with E-state index < -0.39 is 0 Å². The average molecular weight is 272 g/mol. The molecule has 5 heteroatoms. The Labute approximate surface area is 117 Å². The zero-order valence-corrected chi connectivity index (χ0v) is 11.5. The molecular formula is C15H16N2O3. The molecule has 0 saturated carbocycles. The largest absolute Gasteiger partial charge is 0.493 e. The fraction of sp³-hybridized carbons (Fsp3) is 0.200. The van der Waals surface area contributed by atoms with E-state index >= 15 is 0 Å². The maximum Gasteiger partial charge on any atom is 0.267 e. The molecule has 20 heavy (non-hydrogen) atoms. The number of ether oxygens (including phenoxy) is 2. The van der Waals surface area contributed by atoms with Gasteiger partial charge in [0.1, 0.15) is 0 Å². The second kappa shape index (κ2) is 6.06. The van der Waals surface area contributed by atoms with Gasteiger partial charge in [-0.1, -0.05) is 6.08 Å². The van der Waals surface area contributed by atoms with Gasteiger partial charge in [0.15, 0.2) is 11.5 Å². The topological polar surface area (TPSA) is 53.4 Å². The minimum atomic E-state index is -0.158. The number of allylic oxidation sites excluding steroid dienone is 1. The lowest BCUT2D eigenvalue weighted by Crippen LogP contribution is -2.21. The van der Waals surface area contributed by atoms with Gasteiger partial charge >= 0.3 is 0 Å². The molecule has 0 N–H and O–H groups in total. The van der Waals surface area contributed by atoms with E-state index in [1.807, 2.05) is 12.1 Å². The smallest absolute Gasteiger partial charge is 0.267 e. The molecule has 0 spiro atoms. The molecule has 1 aromatic carbocycles. The maximum absolute atomic E-state index is 11.6. The van der Waals surface area contributed by atoms with Crippen LogP contribution in [0.3, 0.4) is 0 Å². The van der Waals surface area contributed by atoms with E-state index in [0.717, 1.165) is 5.56 Å². The maximum atomic E-state index is 11.6. The van der Waals surface area contributed by atoms with E-state index in [1.165, 1.54) is 10.7 Å². The molecule has 0 amide bonds. The lowest BCUT2D eigenvalue weighted by atomic mass is 10.1. The number of benzene rings is 1. The summed E-state index contributed by atoms with van der Waals surface area (Å²) in [7, 11) is 3.16. The van der Waals surface area contributed by atoms with Gasteiger partial charge in [-0.15, -0.1) is 6.58 Å². The molecule has 0 atom stereocenters. The Morgan fingerprint density at radius 1 is 1.20 bits per heavy atom. The highest BCUT2D eigenvalue weighted by atomic mass is 16.5. The molecule has 5 nitrogen and oxygen atoms in total. The Bertz CT molecular complexity index is 677. The highest BCUT2D eigenvalue weighted by molar-refractivity contribution is 5.63. The van der Waals surface area contributed by atoms with Crippen LogP contribution >= 0.6 is 0 Å². The quantitative estimate of drug-likeness (QED) is 0.782. The summed E-state index contributed by atoms with van der Waals surface area (Å²) < 4.78 is 11.8. The van der Waals surface area contributed by atoms with E-state index in [2.05, 4.69) is 11.7 Å². The minimum Gasteiger partial charge on any atom is -0.493 e. The van der Waals surface area contributed by atoms with Crippen LogP contribution < -0.4 is 15.0 Å². The number of rotatable bonds is 5. The summed E-state index contributed by atoms with van der Waals surface area (Å²) in [6.45, 7) is 3.99. The van der Waals surface area contributed by atoms with Crippen LogP contribution in [0.15, 0.2) is 47.8 Å². The monoisotopic (exact) mass is 272 g/mol. The number of methoxy groups -OCH3 is 2. The summed E-state index contributed by atoms with van der Waals surface area (Å²) in [5.74, 6) is 1.27. The predicted molar refractivity (Wildman–Crippen MR) is 77.2 cm³/mol. The van der Waals surface area contributed by atoms with Gasteiger partial charge in [-0.3, -0.25) is 4.79 Å². The molecule has 0 aliphatic heterocycles. The molecule has 1 heterocycles. The first-order valence-electron chi connectivity index (χ1n) is 6.11. The van der Waals surface area contributed by atoms with Crippen LogP contribution in [0.1, 0.15) is 0 Å². The number of hydrogen-bond donors (Lipinski definition) is 0. The van der Waals surface area contributed by atoms with Gasteiger partial charge in [0.05, 0.1) is 26.5 Å². The molecular weight excluding hydrogens is 256 g/mol. The summed E-state index contributed by atoms with van der Waals surface area (Å²) in [5.41, 5.74) is 1.38. The summed E-state index contributed by atoms with van der Waals surface area (Å²) >= 11 is 0. The second-order valence-electron chi connectivity index (χ2n) is 4.10. The number of aromatic nitrogens is 2. The molecule has 2 rings (SSSR count). The molecule has 104 valence electrons. The van der Waals surface area contributed by atoms with E-state index in [0.29, 0.717) is 23.7 Å². The Kier molecular flexibility index (Phi) is 4.20. The van der Waals surface area contributed by atoms with Crippen molar-refractivity contribution in [2.75, 3.05) is 14.2 Å². The number of nitrogens with zero attached hydrogens (tertiary/aromatic N) is 2. The highest BCUT2D eigenvalue weighted by Crippen LogP contribution is 2.31. The predicted octanol–water partition coefficient (Wildman–Crippen LogP) is 2.11. The Morgan fingerprint density at radius 2 is 1.95 bits per heavy atom. The molecule has 0 saturated heterocycles. The third kappa shape index (κ3) is 2.71. The van der Waals surface area contributed by atoms with Crippen LogP contribution in [0.5, 0.6) is 11.5 Å². The first-order chi connectivity index (χ1) is 9.69. The van der Waals surface area contributed by atoms with Crippen molar-refractivity contribution in [3.63, 3.8) is 0 Å². The zero-order valence-electron chi connectivity index (χ0n) is 11.5. The van der Waals surface area contributed by atoms with Crippen LogP contribution in [0.4, 0.5) is 0 Å². The second-order valence-corrected chi connectivity index (χ2v) is 4.10. The zero-order chi connectivity index (χ0) is 14.5. The first-order valence-corrected chi connectivity index (χ1v) is 6.11. The summed E-state index contributed by atoms with van der Waals surface area (Å²) in [6, 6.07) is 8.67. The Morgan fingerprint density at radius 3 is 2.60 bits per heavy atom. The van der Waals surface area contributed by atoms with Crippen molar-refractivity contribution in [1.29, 1.82) is 0 Å². The van der Waals surface area contributed by atoms with E-state index in [9.17, 15) is 4.79 Å². The Balaban J connectivity index is 2.48. The van der Waals surface area contributed by atoms with Gasteiger partial charge in [0, 0.05) is 11.6 Å². The van der Waals surface area contributed by atoms with Crippen molar-refractivity contribution in [3.05, 3.63) is 53.3 Å². The molecule has 2 aromatic rings. The van der Waals surface area contributed by atoms with Crippen LogP contribution in [0.25, 0.3) is 11.3 Å². The van der Waals surface area contributed by atoms with Crippen molar-refractivity contribution >= 4 is 0 Å². The van der Waals surface area contributed by atoms with Gasteiger partial charge in [0.25, 0.3) is 5.56 Å². The molecule has 0 bridgehead atoms. The van der Waals surface area contributed by atoms with Crippen LogP contribution in [0.2, 0.25) is 0 Å². The Hall–Kier alpha value is -2.56. The third-order valence-electron chi connectivity index (χ3n) is 2.85. The van der Waals surface area contributed by atoms with E-state index in [1.54, 1.807) is 32.4 Å². The van der Waals surface area contributed by atoms with Crippen molar-refractivity contribution in [2.45, 2.75) is 6.54 Å². The first kappa shape index (κ1) is 13.9. The fourth-order valence-electron chi connectivity index (χ4n) is 1.85. The van der Waals surface area contributed by atoms with Crippen molar-refractivity contribution in [1.82, 2.24) is 9.78 Å². The third-order valence-corrected chi connectivity index (χ3v) is 2.85. The fourth-order valence-corrected chi connectivity index (χ4v) is 1.85. The lowest BCUT2D eigenvalue weighted by Gasteiger charge is -2.10. The van der Waals surface area contributed by atoms with Crippen molar-refractivity contribution in [3.8, 4) is 22.8 Å².